The Bertz CT molecular complexity index is 1050. The van der Waals surface area contributed by atoms with Gasteiger partial charge in [0.05, 0.1) is 5.92 Å². The van der Waals surface area contributed by atoms with E-state index in [0.29, 0.717) is 18.1 Å². The second-order valence-corrected chi connectivity index (χ2v) is 7.98. The molecule has 0 spiro atoms. The Kier molecular flexibility index (Phi) is 6.15. The van der Waals surface area contributed by atoms with Gasteiger partial charge in [-0.1, -0.05) is 78.3 Å². The minimum Gasteiger partial charge on any atom is -0.337 e. The van der Waals surface area contributed by atoms with Gasteiger partial charge in [-0.05, 0) is 35.2 Å². The Morgan fingerprint density at radius 1 is 0.933 bits per heavy atom. The number of benzene rings is 3. The predicted octanol–water partition coefficient (Wildman–Crippen LogP) is 4.92. The molecule has 1 aliphatic rings. The summed E-state index contributed by atoms with van der Waals surface area (Å²) in [6.07, 6.45) is 0.955. The molecule has 0 saturated carbocycles. The maximum atomic E-state index is 12.9. The van der Waals surface area contributed by atoms with Crippen LogP contribution in [0.15, 0.2) is 78.9 Å². The Labute approximate surface area is 181 Å². The zero-order chi connectivity index (χ0) is 20.9. The second kappa shape index (κ2) is 9.14. The van der Waals surface area contributed by atoms with Gasteiger partial charge < -0.3 is 10.2 Å². The van der Waals surface area contributed by atoms with Crippen LogP contribution in [-0.2, 0) is 22.6 Å². The lowest BCUT2D eigenvalue weighted by molar-refractivity contribution is -0.128. The average Bonchev–Trinajstić information content (AvgIpc) is 3.12. The third-order valence-corrected chi connectivity index (χ3v) is 5.79. The minimum atomic E-state index is -0.371. The van der Waals surface area contributed by atoms with Gasteiger partial charge in [-0.25, -0.2) is 0 Å². The van der Waals surface area contributed by atoms with Crippen molar-refractivity contribution in [3.63, 3.8) is 0 Å². The van der Waals surface area contributed by atoms with Gasteiger partial charge in [0.1, 0.15) is 0 Å². The van der Waals surface area contributed by atoms with Gasteiger partial charge in [-0.3, -0.25) is 9.59 Å². The fourth-order valence-corrected chi connectivity index (χ4v) is 3.98. The van der Waals surface area contributed by atoms with Crippen molar-refractivity contribution < 1.29 is 9.59 Å². The first-order valence-electron chi connectivity index (χ1n) is 10.0. The first-order chi connectivity index (χ1) is 14.6. The molecule has 1 atom stereocenters. The summed E-state index contributed by atoms with van der Waals surface area (Å²) in [5.74, 6) is -0.511. The van der Waals surface area contributed by atoms with Gasteiger partial charge in [-0.15, -0.1) is 0 Å². The van der Waals surface area contributed by atoms with Crippen LogP contribution in [-0.4, -0.2) is 23.3 Å². The largest absolute Gasteiger partial charge is 0.337 e. The Balaban J connectivity index is 1.42. The van der Waals surface area contributed by atoms with Crippen molar-refractivity contribution in [1.29, 1.82) is 0 Å². The molecule has 3 aromatic carbocycles. The third-order valence-electron chi connectivity index (χ3n) is 5.42. The van der Waals surface area contributed by atoms with Crippen LogP contribution >= 0.6 is 11.6 Å². The van der Waals surface area contributed by atoms with Crippen LogP contribution in [0.25, 0.3) is 0 Å². The van der Waals surface area contributed by atoms with Gasteiger partial charge in [0, 0.05) is 30.2 Å². The number of amides is 2. The highest BCUT2D eigenvalue weighted by Crippen LogP contribution is 2.26. The quantitative estimate of drug-likeness (QED) is 0.617. The standard InChI is InChI=1S/C25H23ClN2O2/c26-22-12-6-4-11-20(22)16-28-17-21(15-24(28)29)25(30)27-23-13-7-5-10-19(23)14-18-8-2-1-3-9-18/h1-13,21H,14-17H2,(H,27,30). The average molecular weight is 419 g/mol. The molecule has 2 amide bonds. The Morgan fingerprint density at radius 2 is 1.60 bits per heavy atom. The highest BCUT2D eigenvalue weighted by Gasteiger charge is 2.34. The van der Waals surface area contributed by atoms with Crippen LogP contribution in [0.1, 0.15) is 23.1 Å². The van der Waals surface area contributed by atoms with E-state index >= 15 is 0 Å². The van der Waals surface area contributed by atoms with E-state index in [0.717, 1.165) is 23.2 Å². The Hall–Kier alpha value is -3.11. The normalized spacial score (nSPS) is 16.0. The van der Waals surface area contributed by atoms with Crippen LogP contribution in [0.4, 0.5) is 5.69 Å². The molecule has 1 unspecified atom stereocenters. The van der Waals surface area contributed by atoms with Crippen LogP contribution in [0.2, 0.25) is 5.02 Å². The van der Waals surface area contributed by atoms with Gasteiger partial charge in [0.2, 0.25) is 11.8 Å². The molecule has 5 heteroatoms. The summed E-state index contributed by atoms with van der Waals surface area (Å²) in [4.78, 5) is 27.1. The van der Waals surface area contributed by atoms with Gasteiger partial charge in [0.15, 0.2) is 0 Å². The number of nitrogens with zero attached hydrogens (tertiary/aromatic N) is 1. The lowest BCUT2D eigenvalue weighted by atomic mass is 10.0. The summed E-state index contributed by atoms with van der Waals surface area (Å²) in [7, 11) is 0. The molecule has 0 aromatic heterocycles. The van der Waals surface area contributed by atoms with Crippen LogP contribution in [0.5, 0.6) is 0 Å². The number of halogens is 1. The number of nitrogens with one attached hydrogen (secondary N) is 1. The van der Waals surface area contributed by atoms with Crippen molar-refractivity contribution >= 4 is 29.1 Å². The summed E-state index contributed by atoms with van der Waals surface area (Å²) >= 11 is 6.22. The number of carbonyl (C=O) groups excluding carboxylic acids is 2. The molecule has 3 aromatic rings. The first-order valence-corrected chi connectivity index (χ1v) is 10.4. The minimum absolute atomic E-state index is 0.0207. The topological polar surface area (TPSA) is 49.4 Å². The molecule has 1 fully saturated rings. The zero-order valence-electron chi connectivity index (χ0n) is 16.6. The zero-order valence-corrected chi connectivity index (χ0v) is 17.3. The number of anilines is 1. The van der Waals surface area contributed by atoms with E-state index in [9.17, 15) is 9.59 Å². The van der Waals surface area contributed by atoms with E-state index in [1.807, 2.05) is 66.7 Å². The summed E-state index contributed by atoms with van der Waals surface area (Å²) in [6.45, 7) is 0.823. The molecule has 0 radical (unpaired) electrons. The second-order valence-electron chi connectivity index (χ2n) is 7.58. The molecular weight excluding hydrogens is 396 g/mol. The SMILES string of the molecule is O=C(Nc1ccccc1Cc1ccccc1)C1CC(=O)N(Cc2ccccc2Cl)C1. The van der Waals surface area contributed by atoms with E-state index in [4.69, 9.17) is 11.6 Å². The highest BCUT2D eigenvalue weighted by molar-refractivity contribution is 6.31. The smallest absolute Gasteiger partial charge is 0.229 e. The molecule has 1 heterocycles. The number of rotatable bonds is 6. The molecule has 1 saturated heterocycles. The van der Waals surface area contributed by atoms with Crippen molar-refractivity contribution in [2.45, 2.75) is 19.4 Å². The number of para-hydroxylation sites is 1. The third kappa shape index (κ3) is 4.71. The molecule has 4 nitrogen and oxygen atoms in total. The van der Waals surface area contributed by atoms with Crippen molar-refractivity contribution in [2.75, 3.05) is 11.9 Å². The van der Waals surface area contributed by atoms with E-state index in [1.54, 1.807) is 4.90 Å². The molecule has 0 aliphatic carbocycles. The molecule has 152 valence electrons. The highest BCUT2D eigenvalue weighted by atomic mass is 35.5. The van der Waals surface area contributed by atoms with Crippen molar-refractivity contribution in [3.05, 3.63) is 101 Å². The van der Waals surface area contributed by atoms with E-state index in [1.165, 1.54) is 5.56 Å². The predicted molar refractivity (Wildman–Crippen MR) is 119 cm³/mol. The molecule has 0 bridgehead atoms. The fraction of sp³-hybridized carbons (Fsp3) is 0.200. The Morgan fingerprint density at radius 3 is 2.37 bits per heavy atom. The van der Waals surface area contributed by atoms with Crippen LogP contribution in [0.3, 0.4) is 0 Å². The van der Waals surface area contributed by atoms with Gasteiger partial charge >= 0.3 is 0 Å². The van der Waals surface area contributed by atoms with E-state index in [2.05, 4.69) is 17.4 Å². The first kappa shape index (κ1) is 20.2. The van der Waals surface area contributed by atoms with Gasteiger partial charge in [0.25, 0.3) is 0 Å². The fourth-order valence-electron chi connectivity index (χ4n) is 3.78. The number of hydrogen-bond donors (Lipinski definition) is 1. The number of likely N-dealkylation sites (tertiary alicyclic amines) is 1. The monoisotopic (exact) mass is 418 g/mol. The number of hydrogen-bond acceptors (Lipinski definition) is 2. The summed E-state index contributed by atoms with van der Waals surface area (Å²) in [5.41, 5.74) is 3.92. The van der Waals surface area contributed by atoms with Crippen LogP contribution in [0, 0.1) is 5.92 Å². The molecule has 1 aliphatic heterocycles. The molecular formula is C25H23ClN2O2. The van der Waals surface area contributed by atoms with Crippen LogP contribution < -0.4 is 5.32 Å². The molecule has 4 rings (SSSR count). The van der Waals surface area contributed by atoms with Crippen molar-refractivity contribution in [2.24, 2.45) is 5.92 Å². The van der Waals surface area contributed by atoms with E-state index < -0.39 is 0 Å². The summed E-state index contributed by atoms with van der Waals surface area (Å²) in [5, 5.41) is 3.68. The van der Waals surface area contributed by atoms with Crippen molar-refractivity contribution in [3.8, 4) is 0 Å². The van der Waals surface area contributed by atoms with E-state index in [-0.39, 0.29) is 24.2 Å². The number of carbonyl (C=O) groups is 2. The molecule has 1 N–H and O–H groups in total. The van der Waals surface area contributed by atoms with Gasteiger partial charge in [-0.2, -0.15) is 0 Å². The maximum absolute atomic E-state index is 12.9. The summed E-state index contributed by atoms with van der Waals surface area (Å²) < 4.78 is 0. The maximum Gasteiger partial charge on any atom is 0.229 e. The lowest BCUT2D eigenvalue weighted by Crippen LogP contribution is -2.28. The lowest BCUT2D eigenvalue weighted by Gasteiger charge is -2.18. The summed E-state index contributed by atoms with van der Waals surface area (Å²) in [6, 6.07) is 25.4. The molecule has 30 heavy (non-hydrogen) atoms. The van der Waals surface area contributed by atoms with Crippen molar-refractivity contribution in [1.82, 2.24) is 4.90 Å².